The number of hydrogen-bond acceptors (Lipinski definition) is 5. The van der Waals surface area contributed by atoms with Crippen molar-refractivity contribution < 1.29 is 14.3 Å². The smallest absolute Gasteiger partial charge is 0.225 e. The Bertz CT molecular complexity index is 884. The Balaban J connectivity index is 1.53. The van der Waals surface area contributed by atoms with Gasteiger partial charge in [0.05, 0.1) is 18.5 Å². The quantitative estimate of drug-likeness (QED) is 0.852. The van der Waals surface area contributed by atoms with E-state index in [2.05, 4.69) is 15.4 Å². The van der Waals surface area contributed by atoms with Crippen LogP contribution in [0.4, 0.5) is 0 Å². The molecule has 2 amide bonds. The zero-order valence-electron chi connectivity index (χ0n) is 16.9. The van der Waals surface area contributed by atoms with Gasteiger partial charge < -0.3 is 15.0 Å². The minimum Gasteiger partial charge on any atom is -0.487 e. The summed E-state index contributed by atoms with van der Waals surface area (Å²) >= 11 is 0. The molecule has 2 aliphatic heterocycles. The Morgan fingerprint density at radius 2 is 2.21 bits per heavy atom. The SMILES string of the molecule is C[C@H](Cn1cncn1)C(=O)N[C@@H]1C[C@]2(CCC(=O)N(C)CC2)Oc2ccccc21. The second-order valence-electron chi connectivity index (χ2n) is 8.17. The van der Waals surface area contributed by atoms with Crippen molar-refractivity contribution in [2.45, 2.75) is 50.8 Å². The summed E-state index contributed by atoms with van der Waals surface area (Å²) in [7, 11) is 1.84. The Morgan fingerprint density at radius 3 is 3.00 bits per heavy atom. The first kappa shape index (κ1) is 19.4. The molecule has 0 aliphatic carbocycles. The number of carbonyl (C=O) groups excluding carboxylic acids is 2. The lowest BCUT2D eigenvalue weighted by Gasteiger charge is -2.42. The maximum atomic E-state index is 12.9. The lowest BCUT2D eigenvalue weighted by molar-refractivity contribution is -0.129. The number of rotatable bonds is 4. The Labute approximate surface area is 170 Å². The summed E-state index contributed by atoms with van der Waals surface area (Å²) in [6.45, 7) is 3.02. The molecule has 1 aromatic heterocycles. The molecule has 2 aliphatic rings. The van der Waals surface area contributed by atoms with Crippen LogP contribution in [-0.2, 0) is 16.1 Å². The van der Waals surface area contributed by atoms with Crippen LogP contribution >= 0.6 is 0 Å². The van der Waals surface area contributed by atoms with Crippen molar-refractivity contribution in [2.24, 2.45) is 5.92 Å². The Morgan fingerprint density at radius 1 is 1.38 bits per heavy atom. The maximum Gasteiger partial charge on any atom is 0.225 e. The topological polar surface area (TPSA) is 89.3 Å². The van der Waals surface area contributed by atoms with Crippen molar-refractivity contribution in [1.82, 2.24) is 25.0 Å². The van der Waals surface area contributed by atoms with E-state index < -0.39 is 5.60 Å². The minimum absolute atomic E-state index is 0.0285. The monoisotopic (exact) mass is 397 g/mol. The van der Waals surface area contributed by atoms with Crippen molar-refractivity contribution in [3.63, 3.8) is 0 Å². The van der Waals surface area contributed by atoms with Gasteiger partial charge in [-0.1, -0.05) is 25.1 Å². The number of ether oxygens (including phenoxy) is 1. The second kappa shape index (κ2) is 7.85. The maximum absolute atomic E-state index is 12.9. The van der Waals surface area contributed by atoms with E-state index in [1.165, 1.54) is 6.33 Å². The van der Waals surface area contributed by atoms with Crippen LogP contribution in [0, 0.1) is 5.92 Å². The van der Waals surface area contributed by atoms with E-state index in [1.54, 1.807) is 15.9 Å². The van der Waals surface area contributed by atoms with Crippen LogP contribution in [0.25, 0.3) is 0 Å². The molecule has 0 saturated carbocycles. The zero-order chi connectivity index (χ0) is 20.4. The number of fused-ring (bicyclic) bond motifs is 1. The highest BCUT2D eigenvalue weighted by molar-refractivity contribution is 5.79. The molecule has 1 fully saturated rings. The third-order valence-corrected chi connectivity index (χ3v) is 6.01. The van der Waals surface area contributed by atoms with Crippen molar-refractivity contribution in [1.29, 1.82) is 0 Å². The first-order chi connectivity index (χ1) is 14.0. The van der Waals surface area contributed by atoms with E-state index in [-0.39, 0.29) is 23.8 Å². The molecule has 154 valence electrons. The van der Waals surface area contributed by atoms with E-state index >= 15 is 0 Å². The van der Waals surface area contributed by atoms with Crippen molar-refractivity contribution in [3.05, 3.63) is 42.5 Å². The predicted molar refractivity (Wildman–Crippen MR) is 106 cm³/mol. The first-order valence-corrected chi connectivity index (χ1v) is 10.1. The zero-order valence-corrected chi connectivity index (χ0v) is 16.9. The fraction of sp³-hybridized carbons (Fsp3) is 0.524. The number of carbonyl (C=O) groups is 2. The molecule has 2 aromatic rings. The largest absolute Gasteiger partial charge is 0.487 e. The number of amides is 2. The molecule has 0 unspecified atom stereocenters. The van der Waals surface area contributed by atoms with Crippen LogP contribution in [-0.4, -0.2) is 50.7 Å². The molecule has 8 nitrogen and oxygen atoms in total. The van der Waals surface area contributed by atoms with Gasteiger partial charge in [0.2, 0.25) is 11.8 Å². The van der Waals surface area contributed by atoms with Gasteiger partial charge in [-0.25, -0.2) is 4.98 Å². The van der Waals surface area contributed by atoms with Crippen molar-refractivity contribution >= 4 is 11.8 Å². The second-order valence-corrected chi connectivity index (χ2v) is 8.17. The average Bonchev–Trinajstić information content (AvgIpc) is 3.19. The van der Waals surface area contributed by atoms with Crippen LogP contribution in [0.5, 0.6) is 5.75 Å². The van der Waals surface area contributed by atoms with Crippen molar-refractivity contribution in [3.8, 4) is 5.75 Å². The summed E-state index contributed by atoms with van der Waals surface area (Å²) in [5.41, 5.74) is 0.547. The number of likely N-dealkylation sites (tertiary alicyclic amines) is 1. The Kier molecular flexibility index (Phi) is 5.25. The summed E-state index contributed by atoms with van der Waals surface area (Å²) in [5, 5.41) is 7.31. The number of nitrogens with zero attached hydrogens (tertiary/aromatic N) is 4. The third kappa shape index (κ3) is 4.11. The number of benzene rings is 1. The van der Waals surface area contributed by atoms with Crippen LogP contribution in [0.15, 0.2) is 36.9 Å². The van der Waals surface area contributed by atoms with Crippen LogP contribution in [0.2, 0.25) is 0 Å². The van der Waals surface area contributed by atoms with E-state index in [0.717, 1.165) is 17.7 Å². The summed E-state index contributed by atoms with van der Waals surface area (Å²) < 4.78 is 8.11. The van der Waals surface area contributed by atoms with Gasteiger partial charge >= 0.3 is 0 Å². The molecular formula is C21H27N5O3. The average molecular weight is 397 g/mol. The van der Waals surface area contributed by atoms with Gasteiger partial charge in [-0.15, -0.1) is 0 Å². The molecule has 29 heavy (non-hydrogen) atoms. The van der Waals surface area contributed by atoms with Gasteiger partial charge in [-0.05, 0) is 12.5 Å². The van der Waals surface area contributed by atoms with Crippen LogP contribution in [0.3, 0.4) is 0 Å². The summed E-state index contributed by atoms with van der Waals surface area (Å²) in [6, 6.07) is 7.71. The highest BCUT2D eigenvalue weighted by Crippen LogP contribution is 2.44. The van der Waals surface area contributed by atoms with E-state index in [9.17, 15) is 9.59 Å². The highest BCUT2D eigenvalue weighted by atomic mass is 16.5. The molecule has 1 N–H and O–H groups in total. The first-order valence-electron chi connectivity index (χ1n) is 10.1. The molecule has 3 atom stereocenters. The van der Waals surface area contributed by atoms with Gasteiger partial charge in [-0.3, -0.25) is 14.3 Å². The molecule has 3 heterocycles. The van der Waals surface area contributed by atoms with Gasteiger partial charge in [0, 0.05) is 38.4 Å². The van der Waals surface area contributed by atoms with Gasteiger partial charge in [-0.2, -0.15) is 5.10 Å². The fourth-order valence-corrected chi connectivity index (χ4v) is 4.20. The standard InChI is InChI=1S/C21H27N5O3/c1-15(12-26-14-22-13-23-26)20(28)24-17-11-21(8-7-19(27)25(2)10-9-21)29-18-6-4-3-5-16(17)18/h3-6,13-15,17H,7-12H2,1-2H3,(H,24,28)/t15-,17-,21-/m1/s1. The molecule has 0 radical (unpaired) electrons. The third-order valence-electron chi connectivity index (χ3n) is 6.01. The molecule has 0 bridgehead atoms. The number of nitrogens with one attached hydrogen (secondary N) is 1. The molecular weight excluding hydrogens is 370 g/mol. The summed E-state index contributed by atoms with van der Waals surface area (Å²) in [4.78, 5) is 30.8. The molecule has 1 spiro atoms. The highest BCUT2D eigenvalue weighted by Gasteiger charge is 2.43. The minimum atomic E-state index is -0.443. The van der Waals surface area contributed by atoms with Crippen molar-refractivity contribution in [2.75, 3.05) is 13.6 Å². The van der Waals surface area contributed by atoms with Gasteiger partial charge in [0.1, 0.15) is 24.0 Å². The number of para-hydroxylation sites is 1. The molecule has 8 heteroatoms. The van der Waals surface area contributed by atoms with Crippen LogP contribution < -0.4 is 10.1 Å². The summed E-state index contributed by atoms with van der Waals surface area (Å²) in [5.74, 6) is 0.667. The Hall–Kier alpha value is -2.90. The summed E-state index contributed by atoms with van der Waals surface area (Å²) in [6.07, 6.45) is 5.61. The van der Waals surface area contributed by atoms with E-state index in [4.69, 9.17) is 4.74 Å². The molecule has 4 rings (SSSR count). The lowest BCUT2D eigenvalue weighted by Crippen LogP contribution is -2.46. The van der Waals surface area contributed by atoms with E-state index in [1.807, 2.05) is 38.2 Å². The fourth-order valence-electron chi connectivity index (χ4n) is 4.20. The van der Waals surface area contributed by atoms with Crippen LogP contribution in [0.1, 0.15) is 44.2 Å². The molecule has 1 aromatic carbocycles. The lowest BCUT2D eigenvalue weighted by atomic mass is 9.82. The normalized spacial score (nSPS) is 25.1. The predicted octanol–water partition coefficient (Wildman–Crippen LogP) is 1.94. The number of aromatic nitrogens is 3. The van der Waals surface area contributed by atoms with Gasteiger partial charge in [0.25, 0.3) is 0 Å². The number of hydrogen-bond donors (Lipinski definition) is 1. The molecule has 1 saturated heterocycles. The van der Waals surface area contributed by atoms with Gasteiger partial charge in [0.15, 0.2) is 0 Å². The van der Waals surface area contributed by atoms with E-state index in [0.29, 0.717) is 32.4 Å².